The van der Waals surface area contributed by atoms with Crippen LogP contribution in [0.15, 0.2) is 59.9 Å². The highest BCUT2D eigenvalue weighted by atomic mass is 19.3. The van der Waals surface area contributed by atoms with Gasteiger partial charge in [0.1, 0.15) is 0 Å². The van der Waals surface area contributed by atoms with Crippen LogP contribution in [0.3, 0.4) is 0 Å². The molecule has 0 spiro atoms. The number of alkyl halides is 2. The molecule has 0 fully saturated rings. The molecule has 1 aromatic heterocycles. The molecule has 1 heterocycles. The van der Waals surface area contributed by atoms with Crippen LogP contribution in [0.25, 0.3) is 0 Å². The van der Waals surface area contributed by atoms with E-state index >= 15 is 0 Å². The first kappa shape index (κ1) is 13.8. The van der Waals surface area contributed by atoms with Crippen LogP contribution >= 0.6 is 0 Å². The molecule has 3 nitrogen and oxygen atoms in total. The van der Waals surface area contributed by atoms with E-state index in [4.69, 9.17) is 5.26 Å². The minimum atomic E-state index is -3.36. The third-order valence-corrected chi connectivity index (χ3v) is 2.70. The topological polar surface area (TPSA) is 49.0 Å². The molecule has 0 aliphatic rings. The predicted molar refractivity (Wildman–Crippen MR) is 71.6 cm³/mol. The molecular formula is C15H11F2N3. The van der Waals surface area contributed by atoms with E-state index < -0.39 is 12.0 Å². The van der Waals surface area contributed by atoms with Crippen molar-refractivity contribution in [2.45, 2.75) is 12.0 Å². The molecule has 5 heteroatoms. The summed E-state index contributed by atoms with van der Waals surface area (Å²) in [6.07, 6.45) is 3.81. The number of nitriles is 1. The molecule has 0 aliphatic heterocycles. The fraction of sp³-hybridized carbons (Fsp3) is 0.133. The summed E-state index contributed by atoms with van der Waals surface area (Å²) in [6, 6.07) is 10.9. The first-order valence-corrected chi connectivity index (χ1v) is 5.91. The first-order valence-electron chi connectivity index (χ1n) is 5.91. The summed E-state index contributed by atoms with van der Waals surface area (Å²) in [5.74, 6) is -3.36. The van der Waals surface area contributed by atoms with Crippen molar-refractivity contribution in [1.29, 1.82) is 5.26 Å². The van der Waals surface area contributed by atoms with E-state index in [0.29, 0.717) is 5.56 Å². The van der Waals surface area contributed by atoms with Crippen LogP contribution in [0.4, 0.5) is 8.78 Å². The number of pyridine rings is 1. The third-order valence-electron chi connectivity index (χ3n) is 2.70. The van der Waals surface area contributed by atoms with Crippen LogP contribution in [0.2, 0.25) is 0 Å². The lowest BCUT2D eigenvalue weighted by atomic mass is 10.0. The van der Waals surface area contributed by atoms with Crippen LogP contribution in [0.1, 0.15) is 11.1 Å². The maximum Gasteiger partial charge on any atom is 0.308 e. The van der Waals surface area contributed by atoms with E-state index in [-0.39, 0.29) is 5.56 Å². The predicted octanol–water partition coefficient (Wildman–Crippen LogP) is 3.18. The Morgan fingerprint density at radius 2 is 1.80 bits per heavy atom. The number of nitrogens with zero attached hydrogens (tertiary/aromatic N) is 3. The molecule has 1 unspecified atom stereocenters. The van der Waals surface area contributed by atoms with E-state index in [2.05, 4.69) is 9.98 Å². The maximum absolute atomic E-state index is 14.2. The number of hydrogen-bond acceptors (Lipinski definition) is 3. The zero-order valence-electron chi connectivity index (χ0n) is 10.4. The molecule has 0 N–H and O–H groups in total. The minimum Gasteiger partial charge on any atom is -0.267 e. The molecule has 2 rings (SSSR count). The van der Waals surface area contributed by atoms with Gasteiger partial charge in [-0.1, -0.05) is 30.3 Å². The van der Waals surface area contributed by atoms with Crippen LogP contribution in [0.5, 0.6) is 0 Å². The van der Waals surface area contributed by atoms with E-state index in [9.17, 15) is 8.78 Å². The highest BCUT2D eigenvalue weighted by Crippen LogP contribution is 2.32. The summed E-state index contributed by atoms with van der Waals surface area (Å²) >= 11 is 0. The van der Waals surface area contributed by atoms with Gasteiger partial charge in [0.2, 0.25) is 6.04 Å². The molecule has 0 saturated heterocycles. The first-order chi connectivity index (χ1) is 9.64. The lowest BCUT2D eigenvalue weighted by molar-refractivity contribution is -0.0140. The van der Waals surface area contributed by atoms with Crippen LogP contribution in [-0.2, 0) is 5.92 Å². The van der Waals surface area contributed by atoms with Crippen LogP contribution in [-0.4, -0.2) is 17.2 Å². The van der Waals surface area contributed by atoms with E-state index in [1.54, 1.807) is 30.3 Å². The van der Waals surface area contributed by atoms with Gasteiger partial charge in [-0.2, -0.15) is 14.0 Å². The summed E-state index contributed by atoms with van der Waals surface area (Å²) < 4.78 is 28.3. The second-order valence-electron chi connectivity index (χ2n) is 4.08. The van der Waals surface area contributed by atoms with Gasteiger partial charge in [-0.05, 0) is 17.7 Å². The molecule has 0 saturated carbocycles. The molecule has 0 radical (unpaired) electrons. The molecule has 1 atom stereocenters. The highest BCUT2D eigenvalue weighted by molar-refractivity contribution is 5.79. The van der Waals surface area contributed by atoms with Crippen molar-refractivity contribution < 1.29 is 8.78 Å². The minimum absolute atomic E-state index is 0.274. The second-order valence-corrected chi connectivity index (χ2v) is 4.08. The van der Waals surface area contributed by atoms with E-state index in [1.165, 1.54) is 30.7 Å². The summed E-state index contributed by atoms with van der Waals surface area (Å²) in [5, 5.41) is 8.94. The number of halogens is 2. The van der Waals surface area contributed by atoms with Crippen molar-refractivity contribution in [2.24, 2.45) is 4.99 Å². The molecule has 2 aromatic rings. The normalized spacial score (nSPS) is 13.1. The standard InChI is InChI=1S/C15H11F2N3/c16-15(17,13-6-8-19-9-7-13)14(10-18)20-11-12-4-2-1-3-5-12/h1-9,11,14H. The zero-order chi connectivity index (χ0) is 14.4. The van der Waals surface area contributed by atoms with E-state index in [1.807, 2.05) is 6.07 Å². The Morgan fingerprint density at radius 3 is 2.40 bits per heavy atom. The van der Waals surface area contributed by atoms with Gasteiger partial charge in [0, 0.05) is 24.2 Å². The largest absolute Gasteiger partial charge is 0.308 e. The maximum atomic E-state index is 14.2. The Balaban J connectivity index is 2.25. The number of hydrogen-bond donors (Lipinski definition) is 0. The van der Waals surface area contributed by atoms with Crippen LogP contribution in [0, 0.1) is 11.3 Å². The molecule has 20 heavy (non-hydrogen) atoms. The monoisotopic (exact) mass is 271 g/mol. The summed E-state index contributed by atoms with van der Waals surface area (Å²) in [7, 11) is 0. The highest BCUT2D eigenvalue weighted by Gasteiger charge is 2.41. The van der Waals surface area contributed by atoms with Gasteiger partial charge in [0.25, 0.3) is 0 Å². The van der Waals surface area contributed by atoms with Crippen molar-refractivity contribution in [1.82, 2.24) is 4.98 Å². The van der Waals surface area contributed by atoms with Gasteiger partial charge in [0.15, 0.2) is 0 Å². The van der Waals surface area contributed by atoms with Gasteiger partial charge in [-0.15, -0.1) is 0 Å². The lowest BCUT2D eigenvalue weighted by Crippen LogP contribution is -2.28. The Labute approximate surface area is 115 Å². The number of aromatic nitrogens is 1. The van der Waals surface area contributed by atoms with Crippen molar-refractivity contribution in [2.75, 3.05) is 0 Å². The fourth-order valence-electron chi connectivity index (χ4n) is 1.64. The average molecular weight is 271 g/mol. The van der Waals surface area contributed by atoms with Gasteiger partial charge >= 0.3 is 5.92 Å². The number of benzene rings is 1. The van der Waals surface area contributed by atoms with E-state index in [0.717, 1.165) is 0 Å². The Hall–Kier alpha value is -2.61. The Bertz CT molecular complexity index is 619. The molecule has 100 valence electrons. The number of aliphatic imine (C=N–C) groups is 1. The molecule has 0 bridgehead atoms. The van der Waals surface area contributed by atoms with Gasteiger partial charge in [-0.25, -0.2) is 0 Å². The van der Waals surface area contributed by atoms with Crippen molar-refractivity contribution in [3.63, 3.8) is 0 Å². The Morgan fingerprint density at radius 1 is 1.15 bits per heavy atom. The van der Waals surface area contributed by atoms with Crippen molar-refractivity contribution in [3.05, 3.63) is 66.0 Å². The summed E-state index contributed by atoms with van der Waals surface area (Å²) in [6.45, 7) is 0. The third kappa shape index (κ3) is 3.04. The van der Waals surface area contributed by atoms with Crippen molar-refractivity contribution in [3.8, 4) is 6.07 Å². The molecule has 0 amide bonds. The SMILES string of the molecule is N#CC(N=Cc1ccccc1)C(F)(F)c1ccncc1. The van der Waals surface area contributed by atoms with Gasteiger partial charge in [-0.3, -0.25) is 9.98 Å². The lowest BCUT2D eigenvalue weighted by Gasteiger charge is -2.18. The molecule has 1 aromatic carbocycles. The second kappa shape index (κ2) is 6.02. The quantitative estimate of drug-likeness (QED) is 0.802. The Kier molecular flexibility index (Phi) is 4.16. The van der Waals surface area contributed by atoms with Gasteiger partial charge < -0.3 is 0 Å². The molecular weight excluding hydrogens is 260 g/mol. The smallest absolute Gasteiger partial charge is 0.267 e. The van der Waals surface area contributed by atoms with Gasteiger partial charge in [0.05, 0.1) is 6.07 Å². The fourth-order valence-corrected chi connectivity index (χ4v) is 1.64. The van der Waals surface area contributed by atoms with Crippen molar-refractivity contribution >= 4 is 6.21 Å². The van der Waals surface area contributed by atoms with Crippen LogP contribution < -0.4 is 0 Å². The summed E-state index contributed by atoms with van der Waals surface area (Å²) in [4.78, 5) is 7.39. The molecule has 0 aliphatic carbocycles. The summed E-state index contributed by atoms with van der Waals surface area (Å²) in [5.41, 5.74) is 0.391. The zero-order valence-corrected chi connectivity index (χ0v) is 10.4. The number of rotatable bonds is 4. The average Bonchev–Trinajstić information content (AvgIpc) is 2.49.